The first kappa shape index (κ1) is 10.7. The van der Waals surface area contributed by atoms with Crippen LogP contribution in [0, 0.1) is 17.8 Å². The minimum absolute atomic E-state index is 0.0930. The fraction of sp³-hybridized carbons (Fsp3) is 0.308. The van der Waals surface area contributed by atoms with Crippen molar-refractivity contribution < 1.29 is 5.11 Å². The Hall–Kier alpha value is -1.79. The van der Waals surface area contributed by atoms with Crippen LogP contribution < -0.4 is 0 Å². The van der Waals surface area contributed by atoms with Gasteiger partial charge in [-0.1, -0.05) is 36.3 Å². The van der Waals surface area contributed by atoms with Crippen LogP contribution in [0.5, 0.6) is 0 Å². The van der Waals surface area contributed by atoms with Gasteiger partial charge in [0, 0.05) is 6.21 Å². The molecule has 1 N–H and O–H groups in total. The van der Waals surface area contributed by atoms with Crippen molar-refractivity contribution in [3.8, 4) is 11.8 Å². The van der Waals surface area contributed by atoms with E-state index < -0.39 is 6.23 Å². The Morgan fingerprint density at radius 1 is 1.31 bits per heavy atom. The molecule has 1 aliphatic rings. The zero-order valence-corrected chi connectivity index (χ0v) is 9.17. The zero-order valence-electron chi connectivity index (χ0n) is 9.17. The van der Waals surface area contributed by atoms with Crippen molar-refractivity contribution in [2.24, 2.45) is 11.0 Å². The summed E-state index contributed by atoms with van der Waals surface area (Å²) in [7, 11) is 0. The molecule has 1 aromatic rings. The van der Waals surface area contributed by atoms with Crippen molar-refractivity contribution in [3.63, 3.8) is 0 Å². The molecule has 2 rings (SSSR count). The van der Waals surface area contributed by atoms with Crippen LogP contribution in [-0.2, 0) is 6.54 Å². The molecule has 82 valence electrons. The van der Waals surface area contributed by atoms with Gasteiger partial charge in [-0.2, -0.15) is 5.10 Å². The highest BCUT2D eigenvalue weighted by atomic mass is 16.3. The number of hydrogen-bond acceptors (Lipinski definition) is 3. The van der Waals surface area contributed by atoms with E-state index in [0.29, 0.717) is 6.54 Å². The van der Waals surface area contributed by atoms with Crippen LogP contribution in [0.15, 0.2) is 35.4 Å². The maximum Gasteiger partial charge on any atom is 0.206 e. The molecule has 0 radical (unpaired) electrons. The second-order valence-electron chi connectivity index (χ2n) is 3.80. The van der Waals surface area contributed by atoms with Gasteiger partial charge in [-0.05, 0) is 18.4 Å². The predicted octanol–water partition coefficient (Wildman–Crippen LogP) is 1.45. The average Bonchev–Trinajstić information content (AvgIpc) is 2.46. The minimum Gasteiger partial charge on any atom is -0.362 e. The van der Waals surface area contributed by atoms with E-state index in [1.54, 1.807) is 11.2 Å². The summed E-state index contributed by atoms with van der Waals surface area (Å²) in [6.07, 6.45) is 0.938. The molecule has 0 spiro atoms. The summed E-state index contributed by atoms with van der Waals surface area (Å²) in [6.45, 7) is 2.52. The molecule has 0 saturated heterocycles. The van der Waals surface area contributed by atoms with Gasteiger partial charge in [0.15, 0.2) is 0 Å². The van der Waals surface area contributed by atoms with E-state index in [4.69, 9.17) is 0 Å². The molecule has 1 aromatic carbocycles. The predicted molar refractivity (Wildman–Crippen MR) is 63.4 cm³/mol. The molecule has 0 bridgehead atoms. The summed E-state index contributed by atoms with van der Waals surface area (Å²) in [5, 5.41) is 15.6. The summed E-state index contributed by atoms with van der Waals surface area (Å²) >= 11 is 0. The molecule has 2 unspecified atom stereocenters. The monoisotopic (exact) mass is 214 g/mol. The van der Waals surface area contributed by atoms with Crippen molar-refractivity contribution in [1.82, 2.24) is 5.01 Å². The Labute approximate surface area is 95.4 Å². The Balaban J connectivity index is 2.11. The third kappa shape index (κ3) is 2.62. The van der Waals surface area contributed by atoms with Gasteiger partial charge in [-0.15, -0.1) is 0 Å². The standard InChI is InChI=1S/C13H14N2O/c1-11-7-8-13(16)15(14-9-11)10-12-5-3-2-4-6-12/h2-6,9,11,13,16H,10H2,1H3. The Morgan fingerprint density at radius 3 is 2.81 bits per heavy atom. The van der Waals surface area contributed by atoms with Gasteiger partial charge in [-0.25, -0.2) is 0 Å². The van der Waals surface area contributed by atoms with Crippen LogP contribution in [0.4, 0.5) is 0 Å². The molecule has 3 heteroatoms. The number of nitrogens with zero attached hydrogens (tertiary/aromatic N) is 2. The number of rotatable bonds is 2. The van der Waals surface area contributed by atoms with E-state index in [9.17, 15) is 5.11 Å². The van der Waals surface area contributed by atoms with Gasteiger partial charge in [-0.3, -0.25) is 5.01 Å². The summed E-state index contributed by atoms with van der Waals surface area (Å²) < 4.78 is 0. The highest BCUT2D eigenvalue weighted by molar-refractivity contribution is 5.64. The van der Waals surface area contributed by atoms with Crippen LogP contribution in [0.1, 0.15) is 12.5 Å². The quantitative estimate of drug-likeness (QED) is 0.756. The van der Waals surface area contributed by atoms with Gasteiger partial charge in [0.1, 0.15) is 0 Å². The van der Waals surface area contributed by atoms with E-state index in [1.165, 1.54) is 0 Å². The SMILES string of the molecule is CC1C#CC(O)N(Cc2ccccc2)N=C1. The average molecular weight is 214 g/mol. The van der Waals surface area contributed by atoms with Gasteiger partial charge in [0.25, 0.3) is 0 Å². The first-order valence-corrected chi connectivity index (χ1v) is 5.29. The Morgan fingerprint density at radius 2 is 2.06 bits per heavy atom. The molecule has 0 aliphatic carbocycles. The largest absolute Gasteiger partial charge is 0.362 e. The lowest BCUT2D eigenvalue weighted by molar-refractivity contribution is 0.0463. The van der Waals surface area contributed by atoms with Crippen LogP contribution in [0.2, 0.25) is 0 Å². The fourth-order valence-corrected chi connectivity index (χ4v) is 1.46. The highest BCUT2D eigenvalue weighted by Crippen LogP contribution is 2.09. The van der Waals surface area contributed by atoms with E-state index in [-0.39, 0.29) is 5.92 Å². The zero-order chi connectivity index (χ0) is 11.4. The maximum atomic E-state index is 9.77. The van der Waals surface area contributed by atoms with Crippen molar-refractivity contribution in [1.29, 1.82) is 0 Å². The Kier molecular flexibility index (Phi) is 3.23. The van der Waals surface area contributed by atoms with Crippen molar-refractivity contribution >= 4 is 6.21 Å². The molecule has 1 heterocycles. The Bertz CT molecular complexity index is 430. The van der Waals surface area contributed by atoms with E-state index in [2.05, 4.69) is 16.9 Å². The molecule has 0 saturated carbocycles. The molecule has 16 heavy (non-hydrogen) atoms. The number of hydrogen-bond donors (Lipinski definition) is 1. The third-order valence-corrected chi connectivity index (χ3v) is 2.35. The second-order valence-corrected chi connectivity index (χ2v) is 3.80. The lowest BCUT2D eigenvalue weighted by atomic mass is 10.2. The van der Waals surface area contributed by atoms with E-state index in [1.807, 2.05) is 37.3 Å². The molecule has 2 atom stereocenters. The van der Waals surface area contributed by atoms with Crippen LogP contribution in [0.3, 0.4) is 0 Å². The highest BCUT2D eigenvalue weighted by Gasteiger charge is 2.13. The first-order chi connectivity index (χ1) is 7.75. The van der Waals surface area contributed by atoms with E-state index >= 15 is 0 Å². The fourth-order valence-electron chi connectivity index (χ4n) is 1.46. The third-order valence-electron chi connectivity index (χ3n) is 2.35. The van der Waals surface area contributed by atoms with E-state index in [0.717, 1.165) is 5.56 Å². The molecular formula is C13H14N2O. The van der Waals surface area contributed by atoms with Gasteiger partial charge in [0.2, 0.25) is 6.23 Å². The maximum absolute atomic E-state index is 9.77. The molecule has 0 amide bonds. The lowest BCUT2D eigenvalue weighted by Crippen LogP contribution is -2.28. The smallest absolute Gasteiger partial charge is 0.206 e. The van der Waals surface area contributed by atoms with Gasteiger partial charge >= 0.3 is 0 Å². The number of aliphatic hydroxyl groups is 1. The van der Waals surface area contributed by atoms with Crippen molar-refractivity contribution in [2.45, 2.75) is 19.7 Å². The van der Waals surface area contributed by atoms with Crippen LogP contribution in [0.25, 0.3) is 0 Å². The second kappa shape index (κ2) is 4.82. The van der Waals surface area contributed by atoms with Crippen LogP contribution >= 0.6 is 0 Å². The molecule has 0 aromatic heterocycles. The van der Waals surface area contributed by atoms with Gasteiger partial charge < -0.3 is 5.11 Å². The molecule has 1 aliphatic heterocycles. The molecule has 0 fully saturated rings. The number of benzene rings is 1. The van der Waals surface area contributed by atoms with Crippen molar-refractivity contribution in [2.75, 3.05) is 0 Å². The first-order valence-electron chi connectivity index (χ1n) is 5.29. The number of aliphatic hydroxyl groups excluding tert-OH is 1. The van der Waals surface area contributed by atoms with Crippen molar-refractivity contribution in [3.05, 3.63) is 35.9 Å². The number of hydrazone groups is 1. The van der Waals surface area contributed by atoms with Crippen LogP contribution in [-0.4, -0.2) is 22.6 Å². The lowest BCUT2D eigenvalue weighted by Gasteiger charge is -2.20. The molecular weight excluding hydrogens is 200 g/mol. The molecule has 3 nitrogen and oxygen atoms in total. The van der Waals surface area contributed by atoms with Gasteiger partial charge in [0.05, 0.1) is 12.5 Å². The normalized spacial score (nSPS) is 23.5. The summed E-state index contributed by atoms with van der Waals surface area (Å²) in [5.74, 6) is 5.78. The minimum atomic E-state index is -0.818. The summed E-state index contributed by atoms with van der Waals surface area (Å²) in [4.78, 5) is 0. The topological polar surface area (TPSA) is 35.8 Å². The summed E-state index contributed by atoms with van der Waals surface area (Å²) in [5.41, 5.74) is 1.11. The summed E-state index contributed by atoms with van der Waals surface area (Å²) in [6, 6.07) is 9.91.